The quantitative estimate of drug-likeness (QED) is 0.835. The number of ether oxygens (including phenoxy) is 1. The maximum absolute atomic E-state index is 12.2. The summed E-state index contributed by atoms with van der Waals surface area (Å²) in [4.78, 5) is 25.8. The first kappa shape index (κ1) is 17.8. The summed E-state index contributed by atoms with van der Waals surface area (Å²) in [5.74, 6) is 0.684. The molecule has 3 rings (SSSR count). The van der Waals surface area contributed by atoms with E-state index in [4.69, 9.17) is 4.74 Å². The van der Waals surface area contributed by atoms with E-state index in [1.807, 2.05) is 6.07 Å². The highest BCUT2D eigenvalue weighted by atomic mass is 16.5. The first-order valence-corrected chi connectivity index (χ1v) is 8.63. The van der Waals surface area contributed by atoms with E-state index in [-0.39, 0.29) is 24.0 Å². The van der Waals surface area contributed by atoms with Crippen LogP contribution in [0.3, 0.4) is 0 Å². The van der Waals surface area contributed by atoms with Crippen molar-refractivity contribution in [3.8, 4) is 11.5 Å². The first-order valence-electron chi connectivity index (χ1n) is 8.63. The van der Waals surface area contributed by atoms with Gasteiger partial charge in [0.15, 0.2) is 0 Å². The van der Waals surface area contributed by atoms with Crippen LogP contribution in [0.2, 0.25) is 0 Å². The van der Waals surface area contributed by atoms with Crippen molar-refractivity contribution in [2.24, 2.45) is 0 Å². The normalized spacial score (nSPS) is 13.7. The summed E-state index contributed by atoms with van der Waals surface area (Å²) in [7, 11) is 1.54. The monoisotopic (exact) mass is 354 g/mol. The number of nitrogens with zero attached hydrogens (tertiary/aromatic N) is 1. The summed E-state index contributed by atoms with van der Waals surface area (Å²) < 4.78 is 5.40. The molecule has 2 N–H and O–H groups in total. The van der Waals surface area contributed by atoms with E-state index in [0.29, 0.717) is 30.8 Å². The van der Waals surface area contributed by atoms with Gasteiger partial charge in [0, 0.05) is 31.1 Å². The Kier molecular flexibility index (Phi) is 5.41. The van der Waals surface area contributed by atoms with Gasteiger partial charge < -0.3 is 20.1 Å². The Labute approximate surface area is 152 Å². The van der Waals surface area contributed by atoms with Crippen molar-refractivity contribution in [2.45, 2.75) is 25.7 Å². The number of benzene rings is 2. The van der Waals surface area contributed by atoms with Crippen LogP contribution in [0.5, 0.6) is 11.5 Å². The molecule has 0 spiro atoms. The molecule has 0 unspecified atom stereocenters. The van der Waals surface area contributed by atoms with Gasteiger partial charge in [0.2, 0.25) is 11.8 Å². The summed E-state index contributed by atoms with van der Waals surface area (Å²) in [6.45, 7) is 0.682. The number of aromatic hydroxyl groups is 1. The van der Waals surface area contributed by atoms with Crippen LogP contribution in [0.1, 0.15) is 24.8 Å². The minimum absolute atomic E-state index is 0.0859. The molecular formula is C20H22N2O4. The van der Waals surface area contributed by atoms with Crippen LogP contribution in [-0.4, -0.2) is 30.6 Å². The summed E-state index contributed by atoms with van der Waals surface area (Å²) in [5.41, 5.74) is 2.07. The fraction of sp³-hybridized carbons (Fsp3) is 0.300. The molecule has 2 aromatic carbocycles. The average Bonchev–Trinajstić information content (AvgIpc) is 3.06. The lowest BCUT2D eigenvalue weighted by Gasteiger charge is -2.19. The lowest BCUT2D eigenvalue weighted by Crippen LogP contribution is -2.24. The molecule has 6 heteroatoms. The summed E-state index contributed by atoms with van der Waals surface area (Å²) in [6, 6.07) is 12.3. The van der Waals surface area contributed by atoms with Gasteiger partial charge in [0.1, 0.15) is 11.5 Å². The van der Waals surface area contributed by atoms with Crippen LogP contribution in [-0.2, 0) is 16.0 Å². The molecule has 1 saturated heterocycles. The summed E-state index contributed by atoms with van der Waals surface area (Å²) in [6.07, 6.45) is 2.10. The number of hydrogen-bond donors (Lipinski definition) is 2. The highest BCUT2D eigenvalue weighted by Gasteiger charge is 2.24. The van der Waals surface area contributed by atoms with Gasteiger partial charge in [-0.25, -0.2) is 0 Å². The van der Waals surface area contributed by atoms with Gasteiger partial charge >= 0.3 is 0 Å². The Balaban J connectivity index is 1.65. The Hall–Kier alpha value is -3.02. The third-order valence-corrected chi connectivity index (χ3v) is 4.44. The number of carbonyl (C=O) groups is 2. The molecule has 136 valence electrons. The average molecular weight is 354 g/mol. The topological polar surface area (TPSA) is 78.9 Å². The number of phenols is 1. The maximum Gasteiger partial charge on any atom is 0.227 e. The van der Waals surface area contributed by atoms with Gasteiger partial charge in [-0.2, -0.15) is 0 Å². The molecule has 6 nitrogen and oxygen atoms in total. The number of amides is 2. The van der Waals surface area contributed by atoms with Crippen LogP contribution < -0.4 is 15.0 Å². The third kappa shape index (κ3) is 3.96. The standard InChI is InChI=1S/C20H22N2O4/c1-26-18-13-15(9-10-16(18)22-12-4-7-20(22)25)21-19(24)11-8-14-5-2-3-6-17(14)23/h2-3,5-6,9-10,13,23H,4,7-8,11-12H2,1H3,(H,21,24). The predicted octanol–water partition coefficient (Wildman–Crippen LogP) is 3.10. The van der Waals surface area contributed by atoms with Gasteiger partial charge in [-0.15, -0.1) is 0 Å². The Morgan fingerprint density at radius 2 is 2.08 bits per heavy atom. The summed E-state index contributed by atoms with van der Waals surface area (Å²) >= 11 is 0. The van der Waals surface area contributed by atoms with Gasteiger partial charge in [-0.1, -0.05) is 18.2 Å². The molecule has 0 bridgehead atoms. The lowest BCUT2D eigenvalue weighted by atomic mass is 10.1. The van der Waals surface area contributed by atoms with E-state index in [1.54, 1.807) is 48.4 Å². The molecule has 2 aromatic rings. The molecule has 0 saturated carbocycles. The Morgan fingerprint density at radius 1 is 1.27 bits per heavy atom. The molecule has 2 amide bonds. The van der Waals surface area contributed by atoms with Crippen LogP contribution in [0, 0.1) is 0 Å². The molecule has 0 aromatic heterocycles. The van der Waals surface area contributed by atoms with Crippen molar-refractivity contribution in [1.29, 1.82) is 0 Å². The number of phenolic OH excluding ortho intramolecular Hbond substituents is 1. The van der Waals surface area contributed by atoms with Gasteiger partial charge in [-0.3, -0.25) is 9.59 Å². The molecule has 0 aliphatic carbocycles. The van der Waals surface area contributed by atoms with E-state index in [1.165, 1.54) is 0 Å². The van der Waals surface area contributed by atoms with Crippen LogP contribution in [0.15, 0.2) is 42.5 Å². The lowest BCUT2D eigenvalue weighted by molar-refractivity contribution is -0.117. The second-order valence-corrected chi connectivity index (χ2v) is 6.21. The van der Waals surface area contributed by atoms with Crippen LogP contribution >= 0.6 is 0 Å². The Morgan fingerprint density at radius 3 is 2.77 bits per heavy atom. The van der Waals surface area contributed by atoms with Gasteiger partial charge in [0.25, 0.3) is 0 Å². The zero-order valence-electron chi connectivity index (χ0n) is 14.7. The molecule has 1 aliphatic rings. The van der Waals surface area contributed by atoms with E-state index >= 15 is 0 Å². The molecule has 1 aliphatic heterocycles. The number of rotatable bonds is 6. The second kappa shape index (κ2) is 7.91. The van der Waals surface area contributed by atoms with Crippen molar-refractivity contribution in [1.82, 2.24) is 0 Å². The predicted molar refractivity (Wildman–Crippen MR) is 99.6 cm³/mol. The highest BCUT2D eigenvalue weighted by molar-refractivity contribution is 5.98. The van der Waals surface area contributed by atoms with E-state index in [2.05, 4.69) is 5.32 Å². The van der Waals surface area contributed by atoms with Crippen LogP contribution in [0.25, 0.3) is 0 Å². The van der Waals surface area contributed by atoms with Gasteiger partial charge in [0.05, 0.1) is 12.8 Å². The van der Waals surface area contributed by atoms with Gasteiger partial charge in [-0.05, 0) is 36.6 Å². The number of hydrogen-bond acceptors (Lipinski definition) is 4. The molecule has 0 radical (unpaired) electrons. The SMILES string of the molecule is COc1cc(NC(=O)CCc2ccccc2O)ccc1N1CCCC1=O. The molecule has 1 fully saturated rings. The fourth-order valence-electron chi connectivity index (χ4n) is 3.08. The van der Waals surface area contributed by atoms with Crippen molar-refractivity contribution in [3.63, 3.8) is 0 Å². The highest BCUT2D eigenvalue weighted by Crippen LogP contribution is 2.33. The van der Waals surface area contributed by atoms with E-state index in [9.17, 15) is 14.7 Å². The van der Waals surface area contributed by atoms with Crippen molar-refractivity contribution >= 4 is 23.2 Å². The smallest absolute Gasteiger partial charge is 0.227 e. The van der Waals surface area contributed by atoms with Crippen molar-refractivity contribution < 1.29 is 19.4 Å². The zero-order valence-corrected chi connectivity index (χ0v) is 14.7. The molecule has 1 heterocycles. The number of para-hydroxylation sites is 1. The largest absolute Gasteiger partial charge is 0.508 e. The first-order chi connectivity index (χ1) is 12.6. The number of methoxy groups -OCH3 is 1. The fourth-order valence-corrected chi connectivity index (χ4v) is 3.08. The minimum atomic E-state index is -0.152. The number of anilines is 2. The van der Waals surface area contributed by atoms with Crippen LogP contribution in [0.4, 0.5) is 11.4 Å². The third-order valence-electron chi connectivity index (χ3n) is 4.44. The number of carbonyl (C=O) groups excluding carboxylic acids is 2. The van der Waals surface area contributed by atoms with E-state index in [0.717, 1.165) is 17.7 Å². The zero-order chi connectivity index (χ0) is 18.5. The van der Waals surface area contributed by atoms with Crippen molar-refractivity contribution in [3.05, 3.63) is 48.0 Å². The Bertz CT molecular complexity index is 819. The molecular weight excluding hydrogens is 332 g/mol. The maximum atomic E-state index is 12.2. The minimum Gasteiger partial charge on any atom is -0.508 e. The molecule has 0 atom stereocenters. The number of nitrogens with one attached hydrogen (secondary N) is 1. The number of aryl methyl sites for hydroxylation is 1. The summed E-state index contributed by atoms with van der Waals surface area (Å²) in [5, 5.41) is 12.6. The van der Waals surface area contributed by atoms with Crippen molar-refractivity contribution in [2.75, 3.05) is 23.9 Å². The molecule has 26 heavy (non-hydrogen) atoms. The second-order valence-electron chi connectivity index (χ2n) is 6.21. The van der Waals surface area contributed by atoms with E-state index < -0.39 is 0 Å².